The van der Waals surface area contributed by atoms with E-state index in [0.29, 0.717) is 0 Å². The van der Waals surface area contributed by atoms with Crippen LogP contribution in [0.1, 0.15) is 11.1 Å². The highest BCUT2D eigenvalue weighted by Crippen LogP contribution is 2.44. The Morgan fingerprint density at radius 2 is 0.807 bits per heavy atom. The lowest BCUT2D eigenvalue weighted by Gasteiger charge is -2.27. The van der Waals surface area contributed by atoms with Gasteiger partial charge >= 0.3 is 0 Å². The average Bonchev–Trinajstić information content (AvgIpc) is 4.00. The molecule has 0 amide bonds. The molecule has 1 aliphatic carbocycles. The monoisotopic (exact) mass is 735 g/mol. The molecule has 9 aromatic carbocycles. The van der Waals surface area contributed by atoms with Gasteiger partial charge in [-0.05, 0) is 117 Å². The number of rotatable bonds is 1. The summed E-state index contributed by atoms with van der Waals surface area (Å²) in [6, 6.07) is 72.1. The smallest absolute Gasteiger partial charge is 0.182 e. The zero-order valence-electron chi connectivity index (χ0n) is 31.1. The van der Waals surface area contributed by atoms with Crippen LogP contribution in [0.2, 0.25) is 0 Å². The van der Waals surface area contributed by atoms with Gasteiger partial charge < -0.3 is 4.40 Å². The van der Waals surface area contributed by atoms with Gasteiger partial charge in [-0.3, -0.25) is 0 Å². The molecule has 262 valence electrons. The van der Waals surface area contributed by atoms with Gasteiger partial charge in [0, 0.05) is 21.5 Å². The lowest BCUT2D eigenvalue weighted by Crippen LogP contribution is -2.70. The molecular weight excluding hydrogens is 703 g/mol. The SMILES string of the molecule is c1ccc2c(c1)-c1ccccc1[Si]21c2ccccc2-c2cc(-c3ccc4c(c3)c3cccc5c6cccc7c6c6c(cccc6c6ccccc6n4c53)C7)ccc21. The highest BCUT2D eigenvalue weighted by atomic mass is 28.3. The number of benzene rings is 9. The predicted octanol–water partition coefficient (Wildman–Crippen LogP) is 11.2. The molecule has 0 N–H and O–H groups in total. The van der Waals surface area contributed by atoms with E-state index < -0.39 is 8.07 Å². The van der Waals surface area contributed by atoms with Crippen molar-refractivity contribution in [3.8, 4) is 33.4 Å². The quantitative estimate of drug-likeness (QED) is 0.148. The molecule has 0 atom stereocenters. The predicted molar refractivity (Wildman–Crippen MR) is 244 cm³/mol. The molecule has 14 rings (SSSR count). The molecule has 0 radical (unpaired) electrons. The summed E-state index contributed by atoms with van der Waals surface area (Å²) in [7, 11) is -2.46. The van der Waals surface area contributed by atoms with E-state index in [2.05, 4.69) is 192 Å². The standard InChI is InChI=1S/C55H33NSi/c1-5-22-47-37(14-1)41-18-9-12-35-30-36-13-10-19-42(54(36)53(35)41)43-20-11-21-44-45-31-33(26-28-48(45)56(47)55(43)44)34-27-29-52-46(32-34)40-17-4-8-25-51(40)57(52)49-23-6-2-15-38(49)39-16-3-7-24-50(39)57/h1-29,31-32H,30H2. The van der Waals surface area contributed by atoms with Crippen LogP contribution < -0.4 is 20.7 Å². The topological polar surface area (TPSA) is 4.41 Å². The minimum absolute atomic E-state index is 0.977. The number of hydrogen-bond donors (Lipinski definition) is 0. The van der Waals surface area contributed by atoms with Crippen LogP contribution in [0.4, 0.5) is 0 Å². The van der Waals surface area contributed by atoms with Crippen molar-refractivity contribution in [1.29, 1.82) is 0 Å². The summed E-state index contributed by atoms with van der Waals surface area (Å²) in [5.41, 5.74) is 14.7. The Hall–Kier alpha value is -7.00. The molecule has 57 heavy (non-hydrogen) atoms. The van der Waals surface area contributed by atoms with Crippen molar-refractivity contribution in [3.63, 3.8) is 0 Å². The third-order valence-corrected chi connectivity index (χ3v) is 18.8. The third-order valence-electron chi connectivity index (χ3n) is 13.8. The zero-order valence-corrected chi connectivity index (χ0v) is 32.1. The second-order valence-electron chi connectivity index (χ2n) is 16.3. The molecule has 0 fully saturated rings. The van der Waals surface area contributed by atoms with Crippen molar-refractivity contribution in [2.45, 2.75) is 6.42 Å². The van der Waals surface area contributed by atoms with E-state index in [4.69, 9.17) is 0 Å². The molecule has 0 saturated carbocycles. The summed E-state index contributed by atoms with van der Waals surface area (Å²) in [4.78, 5) is 0. The Bertz CT molecular complexity index is 3630. The normalized spacial score (nSPS) is 14.0. The lowest BCUT2D eigenvalue weighted by molar-refractivity contribution is 1.27. The van der Waals surface area contributed by atoms with Crippen LogP contribution in [0.5, 0.6) is 0 Å². The summed E-state index contributed by atoms with van der Waals surface area (Å²) in [6.07, 6.45) is 0.977. The summed E-state index contributed by atoms with van der Waals surface area (Å²) in [6.45, 7) is 0. The van der Waals surface area contributed by atoms with Crippen LogP contribution in [-0.2, 0) is 6.42 Å². The molecule has 1 nitrogen and oxygen atoms in total. The largest absolute Gasteiger partial charge is 0.308 e. The number of hydrogen-bond acceptors (Lipinski definition) is 0. The maximum absolute atomic E-state index is 2.56. The zero-order chi connectivity index (χ0) is 37.0. The molecule has 4 heterocycles. The second-order valence-corrected chi connectivity index (χ2v) is 19.9. The maximum Gasteiger partial charge on any atom is 0.182 e. The van der Waals surface area contributed by atoms with Gasteiger partial charge in [-0.15, -0.1) is 0 Å². The number of nitrogens with zero attached hydrogens (tertiary/aromatic N) is 1. The van der Waals surface area contributed by atoms with Gasteiger partial charge in [0.15, 0.2) is 8.07 Å². The van der Waals surface area contributed by atoms with Crippen molar-refractivity contribution in [2.75, 3.05) is 0 Å². The Morgan fingerprint density at radius 3 is 1.51 bits per heavy atom. The van der Waals surface area contributed by atoms with E-state index >= 15 is 0 Å². The highest BCUT2D eigenvalue weighted by molar-refractivity contribution is 7.24. The van der Waals surface area contributed by atoms with Gasteiger partial charge in [-0.1, -0.05) is 164 Å². The van der Waals surface area contributed by atoms with Crippen molar-refractivity contribution in [3.05, 3.63) is 199 Å². The van der Waals surface area contributed by atoms with Crippen molar-refractivity contribution in [1.82, 2.24) is 4.40 Å². The van der Waals surface area contributed by atoms with Gasteiger partial charge in [0.2, 0.25) is 0 Å². The molecule has 0 saturated heterocycles. The average molecular weight is 736 g/mol. The van der Waals surface area contributed by atoms with Gasteiger partial charge in [-0.2, -0.15) is 0 Å². The fourth-order valence-electron chi connectivity index (χ4n) is 11.6. The molecule has 2 heteroatoms. The van der Waals surface area contributed by atoms with E-state index in [9.17, 15) is 0 Å². The van der Waals surface area contributed by atoms with Crippen LogP contribution in [0, 0.1) is 0 Å². The Morgan fingerprint density at radius 1 is 0.333 bits per heavy atom. The van der Waals surface area contributed by atoms with Crippen LogP contribution in [0.3, 0.4) is 0 Å². The highest BCUT2D eigenvalue weighted by Gasteiger charge is 2.53. The summed E-state index contributed by atoms with van der Waals surface area (Å²) < 4.78 is 2.56. The van der Waals surface area contributed by atoms with Gasteiger partial charge in [0.1, 0.15) is 0 Å². The third kappa shape index (κ3) is 3.62. The first-order valence-electron chi connectivity index (χ1n) is 20.1. The van der Waals surface area contributed by atoms with Crippen LogP contribution >= 0.6 is 0 Å². The maximum atomic E-state index is 2.56. The Kier molecular flexibility index (Phi) is 5.65. The summed E-state index contributed by atoms with van der Waals surface area (Å²) in [5, 5.41) is 16.7. The summed E-state index contributed by atoms with van der Waals surface area (Å²) in [5.74, 6) is 0. The summed E-state index contributed by atoms with van der Waals surface area (Å²) >= 11 is 0. The van der Waals surface area contributed by atoms with Gasteiger partial charge in [0.25, 0.3) is 0 Å². The number of para-hydroxylation sites is 2. The first-order valence-corrected chi connectivity index (χ1v) is 22.1. The molecular formula is C55H33NSi. The Labute approximate surface area is 330 Å². The van der Waals surface area contributed by atoms with Crippen LogP contribution in [0.25, 0.3) is 93.0 Å². The van der Waals surface area contributed by atoms with Crippen molar-refractivity contribution in [2.24, 2.45) is 0 Å². The Balaban J connectivity index is 1.07. The van der Waals surface area contributed by atoms with E-state index in [-0.39, 0.29) is 0 Å². The first-order chi connectivity index (χ1) is 28.3. The molecule has 3 aliphatic rings. The van der Waals surface area contributed by atoms with E-state index in [1.807, 2.05) is 0 Å². The van der Waals surface area contributed by atoms with Crippen LogP contribution in [0.15, 0.2) is 188 Å². The second kappa shape index (κ2) is 10.6. The number of aromatic nitrogens is 1. The van der Waals surface area contributed by atoms with Crippen molar-refractivity contribution >= 4 is 88.5 Å². The molecule has 0 unspecified atom stereocenters. The van der Waals surface area contributed by atoms with Crippen molar-refractivity contribution < 1.29 is 0 Å². The molecule has 2 aromatic heterocycles. The van der Waals surface area contributed by atoms with Crippen LogP contribution in [-0.4, -0.2) is 12.5 Å². The lowest BCUT2D eigenvalue weighted by atomic mass is 9.97. The van der Waals surface area contributed by atoms with Gasteiger partial charge in [-0.25, -0.2) is 0 Å². The minimum atomic E-state index is -2.46. The first kappa shape index (κ1) is 30.2. The van der Waals surface area contributed by atoms with E-state index in [0.717, 1.165) is 6.42 Å². The fourth-order valence-corrected chi connectivity index (χ4v) is 17.2. The molecule has 11 aromatic rings. The minimum Gasteiger partial charge on any atom is -0.308 e. The van der Waals surface area contributed by atoms with Gasteiger partial charge in [0.05, 0.1) is 16.6 Å². The molecule has 1 spiro atoms. The van der Waals surface area contributed by atoms with E-state index in [1.165, 1.54) is 125 Å². The fraction of sp³-hybridized carbons (Fsp3) is 0.0182. The van der Waals surface area contributed by atoms with E-state index in [1.54, 1.807) is 0 Å². The molecule has 0 bridgehead atoms. The number of fused-ring (bicyclic) bond motifs is 17. The molecule has 2 aliphatic heterocycles.